The highest BCUT2D eigenvalue weighted by molar-refractivity contribution is 4.78. The van der Waals surface area contributed by atoms with Gasteiger partial charge >= 0.3 is 0 Å². The largest absolute Gasteiger partial charge is 0.258 e. The van der Waals surface area contributed by atoms with Crippen molar-refractivity contribution >= 4 is 0 Å². The van der Waals surface area contributed by atoms with Crippen LogP contribution in [0.3, 0.4) is 0 Å². The fourth-order valence-electron chi connectivity index (χ4n) is 1.75. The summed E-state index contributed by atoms with van der Waals surface area (Å²) in [4.78, 5) is 0. The van der Waals surface area contributed by atoms with Gasteiger partial charge in [-0.05, 0) is 26.3 Å². The maximum atomic E-state index is 3.21. The van der Waals surface area contributed by atoms with Gasteiger partial charge in [0.05, 0.1) is 0 Å². The average Bonchev–Trinajstić information content (AvgIpc) is 2.30. The molecule has 1 unspecified atom stereocenters. The van der Waals surface area contributed by atoms with Crippen LogP contribution in [0, 0.1) is 5.92 Å². The third kappa shape index (κ3) is 1.50. The van der Waals surface area contributed by atoms with Crippen LogP contribution in [0.25, 0.3) is 0 Å². The molecule has 2 heteroatoms. The first-order chi connectivity index (χ1) is 4.77. The van der Waals surface area contributed by atoms with Gasteiger partial charge < -0.3 is 0 Å². The molecule has 2 atom stereocenters. The summed E-state index contributed by atoms with van der Waals surface area (Å²) >= 11 is 0. The topological polar surface area (TPSA) is 15.3 Å². The quantitative estimate of drug-likeness (QED) is 0.624. The molecule has 1 fully saturated rings. The second-order valence-corrected chi connectivity index (χ2v) is 3.23. The lowest BCUT2D eigenvalue weighted by atomic mass is 10.0. The van der Waals surface area contributed by atoms with Gasteiger partial charge in [-0.3, -0.25) is 5.43 Å². The fraction of sp³-hybridized carbons (Fsp3) is 1.00. The third-order valence-corrected chi connectivity index (χ3v) is 2.53. The smallest absolute Gasteiger partial charge is 0.0218 e. The van der Waals surface area contributed by atoms with Crippen LogP contribution in [-0.2, 0) is 0 Å². The van der Waals surface area contributed by atoms with Crippen molar-refractivity contribution in [1.29, 1.82) is 0 Å². The highest BCUT2D eigenvalue weighted by Crippen LogP contribution is 2.22. The molecule has 0 aromatic carbocycles. The summed E-state index contributed by atoms with van der Waals surface area (Å²) in [6.45, 7) is 5.79. The first kappa shape index (κ1) is 8.02. The lowest BCUT2D eigenvalue weighted by molar-refractivity contribution is 0.197. The minimum absolute atomic E-state index is 0.731. The number of rotatable bonds is 2. The molecule has 2 nitrogen and oxygen atoms in total. The predicted molar refractivity (Wildman–Crippen MR) is 43.6 cm³/mol. The Morgan fingerprint density at radius 1 is 1.60 bits per heavy atom. The van der Waals surface area contributed by atoms with Gasteiger partial charge in [0, 0.05) is 12.6 Å². The fourth-order valence-corrected chi connectivity index (χ4v) is 1.75. The SMILES string of the molecule is CCC1C[C@@H](C)N(NC)C1. The lowest BCUT2D eigenvalue weighted by Crippen LogP contribution is -2.37. The Kier molecular flexibility index (Phi) is 2.69. The summed E-state index contributed by atoms with van der Waals surface area (Å²) in [6.07, 6.45) is 2.68. The summed E-state index contributed by atoms with van der Waals surface area (Å²) in [5.41, 5.74) is 3.21. The Bertz CT molecular complexity index is 103. The molecule has 10 heavy (non-hydrogen) atoms. The van der Waals surface area contributed by atoms with Crippen molar-refractivity contribution in [3.8, 4) is 0 Å². The molecule has 1 N–H and O–H groups in total. The molecule has 0 bridgehead atoms. The van der Waals surface area contributed by atoms with E-state index in [0.717, 1.165) is 12.0 Å². The van der Waals surface area contributed by atoms with Crippen LogP contribution in [0.1, 0.15) is 26.7 Å². The van der Waals surface area contributed by atoms with Crippen molar-refractivity contribution in [1.82, 2.24) is 10.4 Å². The molecule has 1 aliphatic rings. The van der Waals surface area contributed by atoms with E-state index in [2.05, 4.69) is 24.3 Å². The second kappa shape index (κ2) is 3.35. The molecular weight excluding hydrogens is 124 g/mol. The number of nitrogens with one attached hydrogen (secondary N) is 1. The predicted octanol–water partition coefficient (Wildman–Crippen LogP) is 1.24. The Morgan fingerprint density at radius 3 is 2.60 bits per heavy atom. The molecule has 0 amide bonds. The molecule has 1 aliphatic heterocycles. The Balaban J connectivity index is 2.36. The standard InChI is InChI=1S/C8H18N2/c1-4-8-5-7(2)10(6-8)9-3/h7-9H,4-6H2,1-3H3/t7-,8?/m1/s1. The zero-order valence-electron chi connectivity index (χ0n) is 7.22. The van der Waals surface area contributed by atoms with Crippen molar-refractivity contribution in [3.63, 3.8) is 0 Å². The van der Waals surface area contributed by atoms with Crippen LogP contribution < -0.4 is 5.43 Å². The van der Waals surface area contributed by atoms with Gasteiger partial charge in [0.25, 0.3) is 0 Å². The molecule has 1 heterocycles. The van der Waals surface area contributed by atoms with Gasteiger partial charge in [-0.2, -0.15) is 0 Å². The van der Waals surface area contributed by atoms with E-state index in [1.807, 2.05) is 7.05 Å². The molecule has 0 aromatic rings. The van der Waals surface area contributed by atoms with E-state index in [1.165, 1.54) is 19.4 Å². The Morgan fingerprint density at radius 2 is 2.30 bits per heavy atom. The van der Waals surface area contributed by atoms with Gasteiger partial charge in [0.2, 0.25) is 0 Å². The zero-order chi connectivity index (χ0) is 7.56. The monoisotopic (exact) mass is 142 g/mol. The minimum atomic E-state index is 0.731. The minimum Gasteiger partial charge on any atom is -0.258 e. The second-order valence-electron chi connectivity index (χ2n) is 3.23. The van der Waals surface area contributed by atoms with E-state index < -0.39 is 0 Å². The maximum Gasteiger partial charge on any atom is 0.0218 e. The zero-order valence-corrected chi connectivity index (χ0v) is 7.22. The number of hydrazine groups is 1. The van der Waals surface area contributed by atoms with E-state index in [-0.39, 0.29) is 0 Å². The Hall–Kier alpha value is -0.0800. The number of nitrogens with zero attached hydrogens (tertiary/aromatic N) is 1. The van der Waals surface area contributed by atoms with E-state index in [4.69, 9.17) is 0 Å². The van der Waals surface area contributed by atoms with E-state index in [1.54, 1.807) is 0 Å². The third-order valence-electron chi connectivity index (χ3n) is 2.53. The van der Waals surface area contributed by atoms with Crippen molar-refractivity contribution < 1.29 is 0 Å². The van der Waals surface area contributed by atoms with Crippen LogP contribution in [0.4, 0.5) is 0 Å². The molecule has 0 aromatic heterocycles. The molecule has 0 spiro atoms. The highest BCUT2D eigenvalue weighted by atomic mass is 15.5. The summed E-state index contributed by atoms with van der Waals surface area (Å²) < 4.78 is 0. The van der Waals surface area contributed by atoms with Crippen LogP contribution >= 0.6 is 0 Å². The van der Waals surface area contributed by atoms with Crippen molar-refractivity contribution in [2.45, 2.75) is 32.7 Å². The van der Waals surface area contributed by atoms with E-state index in [0.29, 0.717) is 0 Å². The molecular formula is C8H18N2. The van der Waals surface area contributed by atoms with Crippen LogP contribution in [-0.4, -0.2) is 24.6 Å². The van der Waals surface area contributed by atoms with Gasteiger partial charge in [-0.15, -0.1) is 0 Å². The van der Waals surface area contributed by atoms with Crippen molar-refractivity contribution in [3.05, 3.63) is 0 Å². The summed E-state index contributed by atoms with van der Waals surface area (Å²) in [7, 11) is 2.01. The molecule has 0 aliphatic carbocycles. The average molecular weight is 142 g/mol. The normalized spacial score (nSPS) is 35.1. The summed E-state index contributed by atoms with van der Waals surface area (Å²) in [5.74, 6) is 0.919. The maximum absolute atomic E-state index is 3.21. The summed E-state index contributed by atoms with van der Waals surface area (Å²) in [6, 6.07) is 0.731. The summed E-state index contributed by atoms with van der Waals surface area (Å²) in [5, 5.41) is 2.33. The van der Waals surface area contributed by atoms with Crippen LogP contribution in [0.5, 0.6) is 0 Å². The van der Waals surface area contributed by atoms with Crippen molar-refractivity contribution in [2.75, 3.05) is 13.6 Å². The van der Waals surface area contributed by atoms with Gasteiger partial charge in [0.15, 0.2) is 0 Å². The van der Waals surface area contributed by atoms with Crippen LogP contribution in [0.2, 0.25) is 0 Å². The lowest BCUT2D eigenvalue weighted by Gasteiger charge is -2.18. The van der Waals surface area contributed by atoms with Crippen LogP contribution in [0.15, 0.2) is 0 Å². The Labute approximate surface area is 63.6 Å². The first-order valence-corrected chi connectivity index (χ1v) is 4.22. The number of hydrogen-bond acceptors (Lipinski definition) is 2. The van der Waals surface area contributed by atoms with Gasteiger partial charge in [0.1, 0.15) is 0 Å². The highest BCUT2D eigenvalue weighted by Gasteiger charge is 2.26. The molecule has 60 valence electrons. The molecule has 1 rings (SSSR count). The molecule has 0 radical (unpaired) electrons. The van der Waals surface area contributed by atoms with E-state index in [9.17, 15) is 0 Å². The first-order valence-electron chi connectivity index (χ1n) is 4.22. The van der Waals surface area contributed by atoms with Gasteiger partial charge in [-0.1, -0.05) is 13.3 Å². The molecule has 0 saturated carbocycles. The molecule has 1 saturated heterocycles. The van der Waals surface area contributed by atoms with E-state index >= 15 is 0 Å². The van der Waals surface area contributed by atoms with Crippen molar-refractivity contribution in [2.24, 2.45) is 5.92 Å². The van der Waals surface area contributed by atoms with Gasteiger partial charge in [-0.25, -0.2) is 5.01 Å². The number of hydrogen-bond donors (Lipinski definition) is 1.